The second-order valence-electron chi connectivity index (χ2n) is 3.03. The molecule has 0 radical (unpaired) electrons. The van der Waals surface area contributed by atoms with E-state index in [1.54, 1.807) is 0 Å². The number of carbonyl (C=O) groups excluding carboxylic acids is 1. The fraction of sp³-hybridized carbons (Fsp3) is 0.833. The molecule has 0 amide bonds. The molecule has 0 aliphatic carbocycles. The number of carbonyl (C=O) groups is 1. The van der Waals surface area contributed by atoms with Crippen molar-refractivity contribution in [3.05, 3.63) is 0 Å². The molecule has 42 valence electrons. The summed E-state index contributed by atoms with van der Waals surface area (Å²) >= 11 is 0.692. The van der Waals surface area contributed by atoms with Gasteiger partial charge < -0.3 is 0 Å². The number of hydrogen-bond acceptors (Lipinski definition) is 1. The molecule has 0 atom stereocenters. The molecule has 0 aromatic carbocycles. The van der Waals surface area contributed by atoms with Crippen LogP contribution in [-0.4, -0.2) is 54.7 Å². The first-order valence-electron chi connectivity index (χ1n) is 3.01. The molecular weight excluding hydrogens is 127 g/mol. The number of hydrogen-bond donors (Lipinski definition) is 0. The van der Waals surface area contributed by atoms with Gasteiger partial charge in [-0.05, 0) is 0 Å². The van der Waals surface area contributed by atoms with Crippen LogP contribution in [0.25, 0.3) is 0 Å². The topological polar surface area (TPSA) is 17.1 Å². The fourth-order valence-corrected chi connectivity index (χ4v) is 2.19. The molecule has 0 bridgehead atoms. The number of Topliss-reactive ketones (excluding diaryl/α,β-unsaturated/α-hetero) is 1. The molecule has 0 aromatic rings. The summed E-state index contributed by atoms with van der Waals surface area (Å²) in [6, 6.07) is 0. The van der Waals surface area contributed by atoms with Gasteiger partial charge in [-0.25, -0.2) is 0 Å². The molecule has 0 N–H and O–H groups in total. The van der Waals surface area contributed by atoms with Crippen molar-refractivity contribution in [3.8, 4) is 0 Å². The van der Waals surface area contributed by atoms with Gasteiger partial charge in [0.1, 0.15) is 0 Å². The second-order valence-corrected chi connectivity index (χ2v) is 4.13. The van der Waals surface area contributed by atoms with Crippen LogP contribution in [0.1, 0.15) is 20.8 Å². The first-order chi connectivity index (χ1) is 3.48. The Bertz CT molecular complexity index is 91.2. The van der Waals surface area contributed by atoms with Gasteiger partial charge in [-0.2, -0.15) is 0 Å². The molecule has 0 aromatic heterocycles. The van der Waals surface area contributed by atoms with E-state index < -0.39 is 0 Å². The van der Waals surface area contributed by atoms with Crippen molar-refractivity contribution in [3.63, 3.8) is 0 Å². The summed E-state index contributed by atoms with van der Waals surface area (Å²) in [6.45, 7) is 5.92. The van der Waals surface area contributed by atoms with E-state index in [0.717, 1.165) is 0.515 Å². The summed E-state index contributed by atoms with van der Waals surface area (Å²) < 4.78 is 0.844. The van der Waals surface area contributed by atoms with Crippen molar-refractivity contribution in [2.45, 2.75) is 21.3 Å². The van der Waals surface area contributed by atoms with Gasteiger partial charge in [0.05, 0.1) is 0 Å². The summed E-state index contributed by atoms with van der Waals surface area (Å²) in [6.07, 6.45) is 0. The SMILES string of the molecule is CC(C)(C)C(=O)[CH2][K]. The average molecular weight is 138 g/mol. The predicted molar refractivity (Wildman–Crippen MR) is 35.0 cm³/mol. The Morgan fingerprint density at radius 2 is 1.88 bits per heavy atom. The van der Waals surface area contributed by atoms with E-state index in [9.17, 15) is 4.79 Å². The molecular formula is C6H11KO. The van der Waals surface area contributed by atoms with Gasteiger partial charge in [-0.1, -0.05) is 0 Å². The Kier molecular flexibility index (Phi) is 4.04. The third-order valence-corrected chi connectivity index (χ3v) is 2.16. The van der Waals surface area contributed by atoms with Crippen molar-refractivity contribution in [2.75, 3.05) is 0 Å². The van der Waals surface area contributed by atoms with Crippen molar-refractivity contribution in [1.82, 2.24) is 0 Å². The molecule has 0 fully saturated rings. The summed E-state index contributed by atoms with van der Waals surface area (Å²) in [5, 5.41) is 0. The molecule has 2 heteroatoms. The van der Waals surface area contributed by atoms with Crippen molar-refractivity contribution < 1.29 is 4.79 Å². The maximum absolute atomic E-state index is 10.9. The molecule has 0 heterocycles. The van der Waals surface area contributed by atoms with Crippen LogP contribution in [0.4, 0.5) is 0 Å². The van der Waals surface area contributed by atoms with Gasteiger partial charge in [0.15, 0.2) is 0 Å². The molecule has 0 saturated carbocycles. The van der Waals surface area contributed by atoms with E-state index in [0.29, 0.717) is 54.7 Å². The molecule has 0 spiro atoms. The van der Waals surface area contributed by atoms with Crippen LogP contribution in [-0.2, 0) is 4.79 Å². The molecule has 1 nitrogen and oxygen atoms in total. The van der Waals surface area contributed by atoms with Crippen molar-refractivity contribution in [1.29, 1.82) is 0 Å². The zero-order valence-corrected chi connectivity index (χ0v) is 9.24. The first kappa shape index (κ1) is 9.31. The van der Waals surface area contributed by atoms with Crippen LogP contribution in [0.2, 0.25) is 0.515 Å². The van der Waals surface area contributed by atoms with Gasteiger partial charge >= 0.3 is 86.2 Å². The van der Waals surface area contributed by atoms with E-state index in [-0.39, 0.29) is 5.41 Å². The van der Waals surface area contributed by atoms with Gasteiger partial charge in [-0.3, -0.25) is 0 Å². The predicted octanol–water partition coefficient (Wildman–Crippen LogP) is 1.19. The van der Waals surface area contributed by atoms with Crippen LogP contribution in [0.15, 0.2) is 0 Å². The zero-order valence-electron chi connectivity index (χ0n) is 6.12. The number of rotatable bonds is 1. The molecule has 0 aliphatic heterocycles. The van der Waals surface area contributed by atoms with E-state index in [1.165, 1.54) is 0 Å². The third kappa shape index (κ3) is 3.36. The van der Waals surface area contributed by atoms with E-state index in [4.69, 9.17) is 0 Å². The summed E-state index contributed by atoms with van der Waals surface area (Å²) in [4.78, 5) is 10.9. The van der Waals surface area contributed by atoms with Gasteiger partial charge in [0.2, 0.25) is 0 Å². The second kappa shape index (κ2) is 3.47. The van der Waals surface area contributed by atoms with Crippen LogP contribution in [0.5, 0.6) is 0 Å². The van der Waals surface area contributed by atoms with Crippen LogP contribution < -0.4 is 0 Å². The van der Waals surface area contributed by atoms with E-state index in [2.05, 4.69) is 0 Å². The Balaban J connectivity index is 3.82. The van der Waals surface area contributed by atoms with Gasteiger partial charge in [0.25, 0.3) is 0 Å². The standard InChI is InChI=1S/C6H11O.K/c1-5(7)6(2,3)4;/h1H2,2-4H3;. The summed E-state index contributed by atoms with van der Waals surface area (Å²) in [5.74, 6) is 0.414. The molecule has 0 aliphatic rings. The zero-order chi connectivity index (χ0) is 6.78. The average Bonchev–Trinajstić information content (AvgIpc) is 1.62. The van der Waals surface area contributed by atoms with Gasteiger partial charge in [0, 0.05) is 0 Å². The fourth-order valence-electron chi connectivity index (χ4n) is 0.530. The Morgan fingerprint density at radius 1 is 1.50 bits per heavy atom. The molecule has 0 unspecified atom stereocenters. The van der Waals surface area contributed by atoms with Crippen LogP contribution in [0, 0.1) is 5.41 Å². The minimum absolute atomic E-state index is 0.0833. The summed E-state index contributed by atoms with van der Waals surface area (Å²) in [5.41, 5.74) is -0.0833. The first-order valence-corrected chi connectivity index (χ1v) is 5.22. The Labute approximate surface area is 84.8 Å². The quantitative estimate of drug-likeness (QED) is 0.497. The normalized spacial score (nSPS) is 11.6. The molecule has 8 heavy (non-hydrogen) atoms. The van der Waals surface area contributed by atoms with E-state index in [1.807, 2.05) is 20.8 Å². The Morgan fingerprint density at radius 3 is 1.88 bits per heavy atom. The van der Waals surface area contributed by atoms with E-state index >= 15 is 0 Å². The van der Waals surface area contributed by atoms with Crippen molar-refractivity contribution >= 4 is 54.7 Å². The minimum atomic E-state index is -0.0833. The number of ketones is 1. The van der Waals surface area contributed by atoms with Crippen molar-refractivity contribution in [2.24, 2.45) is 5.41 Å². The van der Waals surface area contributed by atoms with Gasteiger partial charge in [-0.15, -0.1) is 0 Å². The Hall–Kier alpha value is 1.31. The van der Waals surface area contributed by atoms with Crippen LogP contribution >= 0.6 is 0 Å². The van der Waals surface area contributed by atoms with Crippen LogP contribution in [0.3, 0.4) is 0 Å². The monoisotopic (exact) mass is 138 g/mol. The molecule has 0 rings (SSSR count). The third-order valence-electron chi connectivity index (χ3n) is 1.16. The summed E-state index contributed by atoms with van der Waals surface area (Å²) in [7, 11) is 0. The molecule has 0 saturated heterocycles. The maximum atomic E-state index is 10.9.